The van der Waals surface area contributed by atoms with Gasteiger partial charge in [-0.15, -0.1) is 6.42 Å². The van der Waals surface area contributed by atoms with E-state index in [1.54, 1.807) is 0 Å². The molecule has 0 saturated carbocycles. The van der Waals surface area contributed by atoms with Crippen molar-refractivity contribution in [3.05, 3.63) is 17.0 Å². The van der Waals surface area contributed by atoms with Crippen molar-refractivity contribution in [3.8, 4) is 12.3 Å². The fourth-order valence-electron chi connectivity index (χ4n) is 1.72. The monoisotopic (exact) mass is 235 g/mol. The fraction of sp³-hybridized carbons (Fsp3) is 0.500. The number of amides is 1. The Kier molecular flexibility index (Phi) is 4.73. The molecule has 1 aromatic heterocycles. The quantitative estimate of drug-likeness (QED) is 0.582. The fourth-order valence-corrected chi connectivity index (χ4v) is 1.72. The second-order valence-corrected chi connectivity index (χ2v) is 3.83. The van der Waals surface area contributed by atoms with Crippen molar-refractivity contribution in [2.45, 2.75) is 26.8 Å². The minimum atomic E-state index is -0.124. The maximum absolute atomic E-state index is 11.6. The molecule has 0 aliphatic rings. The third-order valence-corrected chi connectivity index (χ3v) is 2.41. The van der Waals surface area contributed by atoms with E-state index < -0.39 is 0 Å². The molecule has 0 aromatic carbocycles. The second-order valence-electron chi connectivity index (χ2n) is 3.83. The predicted octanol–water partition coefficient (Wildman–Crippen LogP) is 0.691. The summed E-state index contributed by atoms with van der Waals surface area (Å²) >= 11 is 0. The molecule has 1 rings (SSSR count). The normalized spacial score (nSPS) is 11.9. The Bertz CT molecular complexity index is 412. The van der Waals surface area contributed by atoms with E-state index in [2.05, 4.69) is 21.7 Å². The number of aromatic nitrogens is 1. The summed E-state index contributed by atoms with van der Waals surface area (Å²) in [6.45, 7) is 6.16. The van der Waals surface area contributed by atoms with Crippen molar-refractivity contribution in [2.24, 2.45) is 0 Å². The van der Waals surface area contributed by atoms with E-state index in [0.717, 1.165) is 17.0 Å². The van der Waals surface area contributed by atoms with E-state index in [1.165, 1.54) is 0 Å². The minimum Gasteiger partial charge on any atom is -0.361 e. The van der Waals surface area contributed by atoms with Gasteiger partial charge in [0.15, 0.2) is 0 Å². The molecular formula is C12H17N3O2. The standard InChI is InChI=1S/C12H17N3O2/c1-5-6-13-7-11(16)14-8(2)12-9(3)15-17-10(12)4/h1,8,13H,6-7H2,2-4H3,(H,14,16). The van der Waals surface area contributed by atoms with Gasteiger partial charge >= 0.3 is 0 Å². The van der Waals surface area contributed by atoms with Gasteiger partial charge in [0.25, 0.3) is 0 Å². The summed E-state index contributed by atoms with van der Waals surface area (Å²) in [5, 5.41) is 9.53. The number of terminal acetylenes is 1. The lowest BCUT2D eigenvalue weighted by Crippen LogP contribution is -2.35. The third kappa shape index (κ3) is 3.61. The van der Waals surface area contributed by atoms with Crippen LogP contribution in [0.4, 0.5) is 0 Å². The number of carbonyl (C=O) groups excluding carboxylic acids is 1. The molecule has 0 bridgehead atoms. The second kappa shape index (κ2) is 6.06. The van der Waals surface area contributed by atoms with Crippen molar-refractivity contribution < 1.29 is 9.32 Å². The van der Waals surface area contributed by atoms with E-state index in [-0.39, 0.29) is 18.5 Å². The van der Waals surface area contributed by atoms with Crippen LogP contribution < -0.4 is 10.6 Å². The molecule has 92 valence electrons. The summed E-state index contributed by atoms with van der Waals surface area (Å²) in [6.07, 6.45) is 5.07. The minimum absolute atomic E-state index is 0.104. The van der Waals surface area contributed by atoms with Crippen LogP contribution in [0.15, 0.2) is 4.52 Å². The molecule has 0 aliphatic heterocycles. The first kappa shape index (κ1) is 13.3. The lowest BCUT2D eigenvalue weighted by molar-refractivity contribution is -0.120. The van der Waals surface area contributed by atoms with Gasteiger partial charge in [-0.05, 0) is 20.8 Å². The Labute approximate surface area is 101 Å². The summed E-state index contributed by atoms with van der Waals surface area (Å²) in [6, 6.07) is -0.124. The Morgan fingerprint density at radius 2 is 2.29 bits per heavy atom. The zero-order valence-corrected chi connectivity index (χ0v) is 10.3. The van der Waals surface area contributed by atoms with Gasteiger partial charge in [0.1, 0.15) is 5.76 Å². The van der Waals surface area contributed by atoms with Crippen LogP contribution in [0.2, 0.25) is 0 Å². The summed E-state index contributed by atoms with van der Waals surface area (Å²) in [5.41, 5.74) is 1.72. The SMILES string of the molecule is C#CCNCC(=O)NC(C)c1c(C)noc1C. The maximum atomic E-state index is 11.6. The third-order valence-electron chi connectivity index (χ3n) is 2.41. The summed E-state index contributed by atoms with van der Waals surface area (Å²) < 4.78 is 5.05. The van der Waals surface area contributed by atoms with Gasteiger partial charge in [0.05, 0.1) is 24.8 Å². The van der Waals surface area contributed by atoms with E-state index >= 15 is 0 Å². The largest absolute Gasteiger partial charge is 0.361 e. The molecule has 0 radical (unpaired) electrons. The van der Waals surface area contributed by atoms with E-state index in [9.17, 15) is 4.79 Å². The predicted molar refractivity (Wildman–Crippen MR) is 64.2 cm³/mol. The highest BCUT2D eigenvalue weighted by Crippen LogP contribution is 2.20. The van der Waals surface area contributed by atoms with Crippen molar-refractivity contribution in [2.75, 3.05) is 13.1 Å². The van der Waals surface area contributed by atoms with Crippen LogP contribution in [0, 0.1) is 26.2 Å². The summed E-state index contributed by atoms with van der Waals surface area (Å²) in [7, 11) is 0. The van der Waals surface area contributed by atoms with E-state index in [0.29, 0.717) is 6.54 Å². The number of aryl methyl sites for hydroxylation is 2. The molecule has 0 fully saturated rings. The Morgan fingerprint density at radius 3 is 2.82 bits per heavy atom. The highest BCUT2D eigenvalue weighted by molar-refractivity contribution is 5.78. The topological polar surface area (TPSA) is 67.2 Å². The molecule has 0 spiro atoms. The molecule has 1 amide bonds. The van der Waals surface area contributed by atoms with Crippen LogP contribution >= 0.6 is 0 Å². The number of nitrogens with one attached hydrogen (secondary N) is 2. The number of rotatable bonds is 5. The Balaban J connectivity index is 2.52. The lowest BCUT2D eigenvalue weighted by atomic mass is 10.1. The first-order valence-corrected chi connectivity index (χ1v) is 5.42. The zero-order chi connectivity index (χ0) is 12.8. The van der Waals surface area contributed by atoms with E-state index in [1.807, 2.05) is 20.8 Å². The molecule has 1 unspecified atom stereocenters. The summed E-state index contributed by atoms with van der Waals surface area (Å²) in [4.78, 5) is 11.6. The first-order valence-electron chi connectivity index (χ1n) is 5.42. The molecule has 2 N–H and O–H groups in total. The van der Waals surface area contributed by atoms with Gasteiger partial charge in [-0.2, -0.15) is 0 Å². The van der Waals surface area contributed by atoms with Crippen molar-refractivity contribution in [1.82, 2.24) is 15.8 Å². The van der Waals surface area contributed by atoms with Gasteiger partial charge in [-0.25, -0.2) is 0 Å². The van der Waals surface area contributed by atoms with Crippen LogP contribution in [0.25, 0.3) is 0 Å². The molecule has 5 nitrogen and oxygen atoms in total. The lowest BCUT2D eigenvalue weighted by Gasteiger charge is -2.13. The molecule has 1 aromatic rings. The van der Waals surface area contributed by atoms with Crippen LogP contribution in [0.5, 0.6) is 0 Å². The first-order chi connectivity index (χ1) is 8.06. The summed E-state index contributed by atoms with van der Waals surface area (Å²) in [5.74, 6) is 3.03. The van der Waals surface area contributed by atoms with Crippen LogP contribution in [-0.4, -0.2) is 24.2 Å². The molecule has 5 heteroatoms. The van der Waals surface area contributed by atoms with Crippen molar-refractivity contribution in [3.63, 3.8) is 0 Å². The Morgan fingerprint density at radius 1 is 1.59 bits per heavy atom. The number of hydrogen-bond acceptors (Lipinski definition) is 4. The van der Waals surface area contributed by atoms with Gasteiger partial charge in [0, 0.05) is 5.56 Å². The average molecular weight is 235 g/mol. The van der Waals surface area contributed by atoms with Crippen molar-refractivity contribution >= 4 is 5.91 Å². The highest BCUT2D eigenvalue weighted by Gasteiger charge is 2.17. The van der Waals surface area contributed by atoms with Gasteiger partial charge in [0.2, 0.25) is 5.91 Å². The van der Waals surface area contributed by atoms with Crippen LogP contribution in [-0.2, 0) is 4.79 Å². The highest BCUT2D eigenvalue weighted by atomic mass is 16.5. The van der Waals surface area contributed by atoms with Gasteiger partial charge < -0.3 is 9.84 Å². The van der Waals surface area contributed by atoms with Crippen LogP contribution in [0.3, 0.4) is 0 Å². The molecule has 1 atom stereocenters. The number of carbonyl (C=O) groups is 1. The number of nitrogens with zero attached hydrogens (tertiary/aromatic N) is 1. The molecule has 0 aliphatic carbocycles. The van der Waals surface area contributed by atoms with Gasteiger partial charge in [-0.3, -0.25) is 10.1 Å². The number of hydrogen-bond donors (Lipinski definition) is 2. The van der Waals surface area contributed by atoms with E-state index in [4.69, 9.17) is 10.9 Å². The smallest absolute Gasteiger partial charge is 0.234 e. The molecule has 0 saturated heterocycles. The maximum Gasteiger partial charge on any atom is 0.234 e. The molecule has 1 heterocycles. The van der Waals surface area contributed by atoms with Gasteiger partial charge in [-0.1, -0.05) is 11.1 Å². The van der Waals surface area contributed by atoms with Crippen LogP contribution in [0.1, 0.15) is 30.0 Å². The van der Waals surface area contributed by atoms with Crippen molar-refractivity contribution in [1.29, 1.82) is 0 Å². The molecule has 17 heavy (non-hydrogen) atoms. The Hall–Kier alpha value is -1.80. The average Bonchev–Trinajstić information content (AvgIpc) is 2.58. The molecular weight excluding hydrogens is 218 g/mol. The zero-order valence-electron chi connectivity index (χ0n) is 10.3.